The Morgan fingerprint density at radius 1 is 0.857 bits per heavy atom. The molecular formula is C15H12N2O3S. The van der Waals surface area contributed by atoms with Gasteiger partial charge >= 0.3 is 5.22 Å². The molecular weight excluding hydrogens is 288 g/mol. The van der Waals surface area contributed by atoms with Gasteiger partial charge in [-0.15, -0.1) is 5.10 Å². The summed E-state index contributed by atoms with van der Waals surface area (Å²) in [4.78, 5) is 0. The first kappa shape index (κ1) is 13.5. The van der Waals surface area contributed by atoms with Crippen molar-refractivity contribution in [3.05, 3.63) is 54.6 Å². The van der Waals surface area contributed by atoms with Crippen molar-refractivity contribution >= 4 is 9.84 Å². The van der Waals surface area contributed by atoms with Crippen LogP contribution in [0, 0.1) is 0 Å². The molecule has 0 unspecified atom stereocenters. The van der Waals surface area contributed by atoms with Crippen molar-refractivity contribution in [3.8, 4) is 22.6 Å². The third kappa shape index (κ3) is 2.71. The van der Waals surface area contributed by atoms with Gasteiger partial charge in [0, 0.05) is 11.8 Å². The maximum Gasteiger partial charge on any atom is 0.335 e. The predicted octanol–water partition coefficient (Wildman–Crippen LogP) is 2.81. The van der Waals surface area contributed by atoms with Gasteiger partial charge in [0.2, 0.25) is 15.7 Å². The van der Waals surface area contributed by atoms with Crippen molar-refractivity contribution in [2.75, 3.05) is 6.26 Å². The average Bonchev–Trinajstić information content (AvgIpc) is 2.98. The molecule has 0 aliphatic heterocycles. The molecule has 0 fully saturated rings. The summed E-state index contributed by atoms with van der Waals surface area (Å²) in [5.41, 5.74) is 2.60. The first-order valence-corrected chi connectivity index (χ1v) is 8.13. The number of hydrogen-bond acceptors (Lipinski definition) is 5. The summed E-state index contributed by atoms with van der Waals surface area (Å²) in [6.45, 7) is 0. The van der Waals surface area contributed by atoms with E-state index in [4.69, 9.17) is 4.42 Å². The molecule has 0 radical (unpaired) electrons. The molecule has 0 saturated carbocycles. The lowest BCUT2D eigenvalue weighted by atomic mass is 10.00. The van der Waals surface area contributed by atoms with E-state index in [1.807, 2.05) is 54.6 Å². The van der Waals surface area contributed by atoms with Crippen LogP contribution in [0.3, 0.4) is 0 Å². The Hall–Kier alpha value is -2.47. The van der Waals surface area contributed by atoms with E-state index >= 15 is 0 Å². The molecule has 3 rings (SSSR count). The van der Waals surface area contributed by atoms with Gasteiger partial charge < -0.3 is 4.42 Å². The van der Waals surface area contributed by atoms with Gasteiger partial charge in [0.1, 0.15) is 0 Å². The average molecular weight is 300 g/mol. The number of aromatic nitrogens is 2. The fourth-order valence-electron chi connectivity index (χ4n) is 2.01. The molecule has 1 heterocycles. The van der Waals surface area contributed by atoms with Crippen LogP contribution in [0.15, 0.2) is 64.2 Å². The fraction of sp³-hybridized carbons (Fsp3) is 0.0667. The quantitative estimate of drug-likeness (QED) is 0.743. The number of rotatable bonds is 3. The first-order chi connectivity index (χ1) is 10.1. The molecule has 0 bridgehead atoms. The topological polar surface area (TPSA) is 73.1 Å². The molecule has 6 heteroatoms. The molecule has 0 atom stereocenters. The maximum absolute atomic E-state index is 11.4. The lowest BCUT2D eigenvalue weighted by Gasteiger charge is -2.05. The normalized spacial score (nSPS) is 11.5. The molecule has 21 heavy (non-hydrogen) atoms. The van der Waals surface area contributed by atoms with E-state index in [1.165, 1.54) is 0 Å². The highest BCUT2D eigenvalue weighted by Crippen LogP contribution is 2.31. The molecule has 0 N–H and O–H groups in total. The third-order valence-corrected chi connectivity index (χ3v) is 3.77. The lowest BCUT2D eigenvalue weighted by Crippen LogP contribution is -1.96. The minimum Gasteiger partial charge on any atom is -0.408 e. The number of nitrogens with zero attached hydrogens (tertiary/aromatic N) is 2. The van der Waals surface area contributed by atoms with Gasteiger partial charge in [-0.25, -0.2) is 8.42 Å². The zero-order chi connectivity index (χ0) is 14.9. The minimum atomic E-state index is -3.51. The van der Waals surface area contributed by atoms with E-state index in [1.54, 1.807) is 0 Å². The van der Waals surface area contributed by atoms with Gasteiger partial charge in [-0.05, 0) is 17.2 Å². The molecule has 0 aliphatic carbocycles. The van der Waals surface area contributed by atoms with Crippen molar-refractivity contribution in [1.29, 1.82) is 0 Å². The van der Waals surface area contributed by atoms with Gasteiger partial charge in [0.05, 0.1) is 0 Å². The Morgan fingerprint density at radius 3 is 2.10 bits per heavy atom. The molecule has 106 valence electrons. The van der Waals surface area contributed by atoms with Crippen molar-refractivity contribution in [2.45, 2.75) is 5.22 Å². The van der Waals surface area contributed by atoms with Gasteiger partial charge in [-0.1, -0.05) is 53.6 Å². The second-order valence-corrected chi connectivity index (χ2v) is 6.45. The second-order valence-electron chi connectivity index (χ2n) is 4.56. The summed E-state index contributed by atoms with van der Waals surface area (Å²) in [6.07, 6.45) is 1.04. The summed E-state index contributed by atoms with van der Waals surface area (Å²) in [5, 5.41) is 7.06. The SMILES string of the molecule is CS(=O)(=O)c1nnc(-c2ccccc2-c2ccccc2)o1. The summed E-state index contributed by atoms with van der Waals surface area (Å²) >= 11 is 0. The van der Waals surface area contributed by atoms with Crippen molar-refractivity contribution in [1.82, 2.24) is 10.2 Å². The van der Waals surface area contributed by atoms with Crippen LogP contribution in [0.2, 0.25) is 0 Å². The van der Waals surface area contributed by atoms with E-state index in [0.717, 1.165) is 17.4 Å². The summed E-state index contributed by atoms with van der Waals surface area (Å²) < 4.78 is 28.2. The van der Waals surface area contributed by atoms with Crippen LogP contribution >= 0.6 is 0 Å². The Labute approximate surface area is 122 Å². The van der Waals surface area contributed by atoms with Crippen LogP contribution in [-0.4, -0.2) is 24.9 Å². The zero-order valence-electron chi connectivity index (χ0n) is 11.2. The van der Waals surface area contributed by atoms with Crippen LogP contribution in [0.1, 0.15) is 0 Å². The van der Waals surface area contributed by atoms with Gasteiger partial charge in [0.25, 0.3) is 0 Å². The van der Waals surface area contributed by atoms with Crippen LogP contribution < -0.4 is 0 Å². The van der Waals surface area contributed by atoms with Crippen molar-refractivity contribution in [2.24, 2.45) is 0 Å². The Morgan fingerprint density at radius 2 is 1.48 bits per heavy atom. The van der Waals surface area contributed by atoms with Gasteiger partial charge in [-0.3, -0.25) is 0 Å². The molecule has 2 aromatic carbocycles. The largest absolute Gasteiger partial charge is 0.408 e. The Bertz CT molecular complexity index is 871. The molecule has 1 aromatic heterocycles. The molecule has 0 saturated heterocycles. The van der Waals surface area contributed by atoms with E-state index < -0.39 is 9.84 Å². The highest BCUT2D eigenvalue weighted by molar-refractivity contribution is 7.90. The number of benzene rings is 2. The minimum absolute atomic E-state index is 0.190. The fourth-order valence-corrected chi connectivity index (χ4v) is 2.43. The summed E-state index contributed by atoms with van der Waals surface area (Å²) in [6, 6.07) is 17.2. The van der Waals surface area contributed by atoms with Crippen LogP contribution in [-0.2, 0) is 9.84 Å². The van der Waals surface area contributed by atoms with Crippen molar-refractivity contribution < 1.29 is 12.8 Å². The highest BCUT2D eigenvalue weighted by Gasteiger charge is 2.19. The van der Waals surface area contributed by atoms with Crippen LogP contribution in [0.25, 0.3) is 22.6 Å². The van der Waals surface area contributed by atoms with Gasteiger partial charge in [-0.2, -0.15) is 0 Å². The maximum atomic E-state index is 11.4. The van der Waals surface area contributed by atoms with E-state index in [-0.39, 0.29) is 11.1 Å². The van der Waals surface area contributed by atoms with Gasteiger partial charge in [0.15, 0.2) is 0 Å². The Balaban J connectivity index is 2.14. The van der Waals surface area contributed by atoms with E-state index in [0.29, 0.717) is 5.56 Å². The Kier molecular flexibility index (Phi) is 3.31. The monoisotopic (exact) mass is 300 g/mol. The smallest absolute Gasteiger partial charge is 0.335 e. The summed E-state index contributed by atoms with van der Waals surface area (Å²) in [7, 11) is -3.51. The third-order valence-electron chi connectivity index (χ3n) is 2.97. The molecule has 0 amide bonds. The van der Waals surface area contributed by atoms with Crippen LogP contribution in [0.4, 0.5) is 0 Å². The predicted molar refractivity (Wildman–Crippen MR) is 78.3 cm³/mol. The molecule has 0 spiro atoms. The zero-order valence-corrected chi connectivity index (χ0v) is 12.0. The van der Waals surface area contributed by atoms with E-state index in [9.17, 15) is 8.42 Å². The number of hydrogen-bond donors (Lipinski definition) is 0. The molecule has 0 aliphatic rings. The first-order valence-electron chi connectivity index (χ1n) is 6.24. The second kappa shape index (κ2) is 5.14. The van der Waals surface area contributed by atoms with E-state index in [2.05, 4.69) is 10.2 Å². The lowest BCUT2D eigenvalue weighted by molar-refractivity contribution is 0.442. The van der Waals surface area contributed by atoms with Crippen LogP contribution in [0.5, 0.6) is 0 Å². The molecule has 3 aromatic rings. The highest BCUT2D eigenvalue weighted by atomic mass is 32.2. The summed E-state index contributed by atoms with van der Waals surface area (Å²) in [5.74, 6) is 0.190. The standard InChI is InChI=1S/C15H12N2O3S/c1-21(18,19)15-17-16-14(20-15)13-10-6-5-9-12(13)11-7-3-2-4-8-11/h2-10H,1H3. The number of sulfone groups is 1. The molecule has 5 nitrogen and oxygen atoms in total. The van der Waals surface area contributed by atoms with Crippen molar-refractivity contribution in [3.63, 3.8) is 0 Å².